The third kappa shape index (κ3) is 1.03. The number of para-hydroxylation sites is 1. The number of carbonyl (C=O) groups excluding carboxylic acids is 1. The summed E-state index contributed by atoms with van der Waals surface area (Å²) < 4.78 is 5.65. The molecule has 2 atom stereocenters. The van der Waals surface area contributed by atoms with Gasteiger partial charge in [0.15, 0.2) is 0 Å². The highest BCUT2D eigenvalue weighted by atomic mass is 16.5. The molecule has 1 aromatic carbocycles. The van der Waals surface area contributed by atoms with E-state index >= 15 is 0 Å². The van der Waals surface area contributed by atoms with Crippen LogP contribution in [-0.2, 0) is 10.3 Å². The van der Waals surface area contributed by atoms with E-state index < -0.39 is 0 Å². The minimum atomic E-state index is -0.161. The first kappa shape index (κ1) is 8.77. The van der Waals surface area contributed by atoms with E-state index in [0.717, 1.165) is 11.3 Å². The first-order chi connectivity index (χ1) is 7.22. The summed E-state index contributed by atoms with van der Waals surface area (Å²) in [5, 5.41) is 3.05. The van der Waals surface area contributed by atoms with Gasteiger partial charge in [0.2, 0.25) is 5.91 Å². The van der Waals surface area contributed by atoms with E-state index in [0.29, 0.717) is 18.9 Å². The van der Waals surface area contributed by atoms with E-state index in [1.165, 1.54) is 0 Å². The molecule has 15 heavy (non-hydrogen) atoms. The van der Waals surface area contributed by atoms with Gasteiger partial charge < -0.3 is 10.1 Å². The molecule has 3 heteroatoms. The molecular formula is C12H13NO2. The predicted molar refractivity (Wildman–Crippen MR) is 55.5 cm³/mol. The largest absolute Gasteiger partial charge is 0.493 e. The number of nitrogens with one attached hydrogen (secondary N) is 1. The Hall–Kier alpha value is -1.51. The highest BCUT2D eigenvalue weighted by Crippen LogP contribution is 2.46. The van der Waals surface area contributed by atoms with Crippen LogP contribution in [0.2, 0.25) is 0 Å². The fourth-order valence-corrected chi connectivity index (χ4v) is 2.53. The van der Waals surface area contributed by atoms with Crippen LogP contribution in [-0.4, -0.2) is 12.5 Å². The van der Waals surface area contributed by atoms with Gasteiger partial charge in [-0.05, 0) is 6.07 Å². The molecule has 2 aliphatic heterocycles. The van der Waals surface area contributed by atoms with Gasteiger partial charge in [0.25, 0.3) is 0 Å². The Bertz CT molecular complexity index is 419. The average Bonchev–Trinajstić information content (AvgIpc) is 2.21. The molecule has 0 saturated carbocycles. The zero-order valence-corrected chi connectivity index (χ0v) is 8.62. The lowest BCUT2D eigenvalue weighted by Crippen LogP contribution is -2.64. The van der Waals surface area contributed by atoms with Crippen LogP contribution in [0.25, 0.3) is 0 Å². The van der Waals surface area contributed by atoms with Crippen molar-refractivity contribution in [3.63, 3.8) is 0 Å². The third-order valence-corrected chi connectivity index (χ3v) is 3.50. The fourth-order valence-electron chi connectivity index (χ4n) is 2.53. The van der Waals surface area contributed by atoms with Gasteiger partial charge in [-0.15, -0.1) is 0 Å². The highest BCUT2D eigenvalue weighted by molar-refractivity contribution is 5.86. The summed E-state index contributed by atoms with van der Waals surface area (Å²) in [4.78, 5) is 11.2. The number of β-lactam (4-membered cyclic amide) rings is 1. The zero-order valence-electron chi connectivity index (χ0n) is 8.62. The molecule has 1 spiro atoms. The summed E-state index contributed by atoms with van der Waals surface area (Å²) in [5.74, 6) is 1.39. The molecule has 2 unspecified atom stereocenters. The Morgan fingerprint density at radius 3 is 2.93 bits per heavy atom. The van der Waals surface area contributed by atoms with Crippen LogP contribution >= 0.6 is 0 Å². The molecule has 78 valence electrons. The van der Waals surface area contributed by atoms with E-state index in [9.17, 15) is 4.79 Å². The molecule has 1 fully saturated rings. The van der Waals surface area contributed by atoms with Gasteiger partial charge in [-0.3, -0.25) is 4.79 Å². The van der Waals surface area contributed by atoms with Crippen molar-refractivity contribution in [2.75, 3.05) is 6.61 Å². The first-order valence-electron chi connectivity index (χ1n) is 5.26. The van der Waals surface area contributed by atoms with Crippen LogP contribution in [0.5, 0.6) is 5.75 Å². The lowest BCUT2D eigenvalue weighted by molar-refractivity contribution is -0.137. The molecule has 0 radical (unpaired) electrons. The predicted octanol–water partition coefficient (Wildman–Crippen LogP) is 1.43. The SMILES string of the molecule is CC1COc2ccccc2C12CC(=O)N2. The second-order valence-corrected chi connectivity index (χ2v) is 4.40. The second-order valence-electron chi connectivity index (χ2n) is 4.40. The Balaban J connectivity index is 2.11. The van der Waals surface area contributed by atoms with E-state index in [1.54, 1.807) is 0 Å². The summed E-state index contributed by atoms with van der Waals surface area (Å²) in [5.41, 5.74) is 0.967. The van der Waals surface area contributed by atoms with Crippen LogP contribution in [0.15, 0.2) is 24.3 Å². The van der Waals surface area contributed by atoms with Gasteiger partial charge in [0.1, 0.15) is 5.75 Å². The molecule has 0 bridgehead atoms. The summed E-state index contributed by atoms with van der Waals surface area (Å²) >= 11 is 0. The number of ether oxygens (including phenoxy) is 1. The number of hydrogen-bond acceptors (Lipinski definition) is 2. The van der Waals surface area contributed by atoms with Crippen molar-refractivity contribution in [3.05, 3.63) is 29.8 Å². The van der Waals surface area contributed by atoms with Crippen LogP contribution in [0.1, 0.15) is 18.9 Å². The third-order valence-electron chi connectivity index (χ3n) is 3.50. The molecule has 2 heterocycles. The topological polar surface area (TPSA) is 38.3 Å². The molecule has 0 aliphatic carbocycles. The molecule has 1 amide bonds. The van der Waals surface area contributed by atoms with Crippen LogP contribution < -0.4 is 10.1 Å². The quantitative estimate of drug-likeness (QED) is 0.648. The van der Waals surface area contributed by atoms with Crippen molar-refractivity contribution in [2.24, 2.45) is 5.92 Å². The summed E-state index contributed by atoms with van der Waals surface area (Å²) in [6, 6.07) is 7.97. The molecule has 1 N–H and O–H groups in total. The number of rotatable bonds is 0. The van der Waals surface area contributed by atoms with Crippen molar-refractivity contribution >= 4 is 5.91 Å². The average molecular weight is 203 g/mol. The normalized spacial score (nSPS) is 32.6. The Labute approximate surface area is 88.4 Å². The number of benzene rings is 1. The minimum absolute atomic E-state index is 0.138. The van der Waals surface area contributed by atoms with Crippen molar-refractivity contribution in [3.8, 4) is 5.75 Å². The van der Waals surface area contributed by atoms with Gasteiger partial charge in [-0.2, -0.15) is 0 Å². The van der Waals surface area contributed by atoms with Gasteiger partial charge in [-0.1, -0.05) is 25.1 Å². The second kappa shape index (κ2) is 2.75. The minimum Gasteiger partial charge on any atom is -0.493 e. The monoisotopic (exact) mass is 203 g/mol. The maximum absolute atomic E-state index is 11.2. The van der Waals surface area contributed by atoms with Gasteiger partial charge in [0, 0.05) is 11.5 Å². The fraction of sp³-hybridized carbons (Fsp3) is 0.417. The standard InChI is InChI=1S/C12H13NO2/c1-8-7-15-10-5-3-2-4-9(10)12(8)6-11(14)13-12/h2-5,8H,6-7H2,1H3,(H,13,14). The Morgan fingerprint density at radius 2 is 2.20 bits per heavy atom. The van der Waals surface area contributed by atoms with Crippen molar-refractivity contribution in [1.29, 1.82) is 0 Å². The number of hydrogen-bond donors (Lipinski definition) is 1. The van der Waals surface area contributed by atoms with Gasteiger partial charge in [-0.25, -0.2) is 0 Å². The maximum Gasteiger partial charge on any atom is 0.223 e. The molecule has 3 nitrogen and oxygen atoms in total. The van der Waals surface area contributed by atoms with Gasteiger partial charge >= 0.3 is 0 Å². The number of carbonyl (C=O) groups is 1. The molecular weight excluding hydrogens is 190 g/mol. The molecule has 0 aromatic heterocycles. The van der Waals surface area contributed by atoms with Crippen LogP contribution in [0.4, 0.5) is 0 Å². The van der Waals surface area contributed by atoms with E-state index in [-0.39, 0.29) is 11.4 Å². The van der Waals surface area contributed by atoms with E-state index in [1.807, 2.05) is 24.3 Å². The van der Waals surface area contributed by atoms with Gasteiger partial charge in [0.05, 0.1) is 18.6 Å². The van der Waals surface area contributed by atoms with Crippen molar-refractivity contribution < 1.29 is 9.53 Å². The summed E-state index contributed by atoms with van der Waals surface area (Å²) in [6.07, 6.45) is 0.592. The van der Waals surface area contributed by atoms with Crippen LogP contribution in [0, 0.1) is 5.92 Å². The lowest BCUT2D eigenvalue weighted by atomic mass is 9.70. The molecule has 1 aromatic rings. The zero-order chi connectivity index (χ0) is 10.5. The van der Waals surface area contributed by atoms with E-state index in [2.05, 4.69) is 12.2 Å². The first-order valence-corrected chi connectivity index (χ1v) is 5.26. The Morgan fingerprint density at radius 1 is 1.47 bits per heavy atom. The summed E-state index contributed by atoms with van der Waals surface area (Å²) in [7, 11) is 0. The smallest absolute Gasteiger partial charge is 0.223 e. The summed E-state index contributed by atoms with van der Waals surface area (Å²) in [6.45, 7) is 2.80. The highest BCUT2D eigenvalue weighted by Gasteiger charge is 2.51. The maximum atomic E-state index is 11.2. The molecule has 1 saturated heterocycles. The van der Waals surface area contributed by atoms with Crippen molar-refractivity contribution in [2.45, 2.75) is 18.9 Å². The lowest BCUT2D eigenvalue weighted by Gasteiger charge is -2.49. The van der Waals surface area contributed by atoms with Crippen LogP contribution in [0.3, 0.4) is 0 Å². The Kier molecular flexibility index (Phi) is 1.61. The van der Waals surface area contributed by atoms with Crippen molar-refractivity contribution in [1.82, 2.24) is 5.32 Å². The molecule has 3 rings (SSSR count). The van der Waals surface area contributed by atoms with E-state index in [4.69, 9.17) is 4.74 Å². The number of fused-ring (bicyclic) bond motifs is 2. The number of amides is 1. The molecule has 2 aliphatic rings.